The standard InChI is InChI=1S/C39H61N11O11/c1-19(2)15-24(40)33(55)45-18-29(52)46-26(11-8-14-43-39(41)42)34(56)47-27(12-13-30(53)54)35(57)50-32(21(5)51)37(59)48-28(36(58)49-31(20(3)4)38(60)61)16-22-17-44-25-10-7-6-9-23(22)25/h6-7,9-10,17,19-21,24,26-28,31-32,44,51H,8,11-16,18,40H2,1-5H3,(H,45,55)(H,46,52)(H,47,56)(H,48,59)(H,49,58)(H,50,57)(H,53,54)(H,60,61)(H4,41,42,43)/t21-,24+,26+,27+,28+,31+,32+/m1/s1. The van der Waals surface area contributed by atoms with Gasteiger partial charge in [-0.1, -0.05) is 45.9 Å². The Morgan fingerprint density at radius 1 is 0.754 bits per heavy atom. The van der Waals surface area contributed by atoms with Gasteiger partial charge >= 0.3 is 11.9 Å². The van der Waals surface area contributed by atoms with Gasteiger partial charge in [0.25, 0.3) is 0 Å². The lowest BCUT2D eigenvalue weighted by molar-refractivity contribution is -0.143. The van der Waals surface area contributed by atoms with Crippen molar-refractivity contribution < 1.29 is 53.7 Å². The van der Waals surface area contributed by atoms with Gasteiger partial charge < -0.3 is 69.4 Å². The van der Waals surface area contributed by atoms with Crippen molar-refractivity contribution in [3.05, 3.63) is 36.0 Å². The molecule has 2 rings (SSSR count). The number of carboxylic acids is 2. The molecule has 0 unspecified atom stereocenters. The highest BCUT2D eigenvalue weighted by molar-refractivity contribution is 5.97. The third kappa shape index (κ3) is 17.5. The van der Waals surface area contributed by atoms with E-state index in [0.29, 0.717) is 17.4 Å². The third-order valence-electron chi connectivity index (χ3n) is 9.39. The number of aliphatic hydroxyl groups excluding tert-OH is 1. The summed E-state index contributed by atoms with van der Waals surface area (Å²) in [4.78, 5) is 111. The first-order valence-electron chi connectivity index (χ1n) is 19.9. The number of fused-ring (bicyclic) bond motifs is 1. The molecule has 61 heavy (non-hydrogen) atoms. The molecule has 0 fully saturated rings. The molecule has 0 aliphatic carbocycles. The monoisotopic (exact) mass is 859 g/mol. The molecule has 0 saturated carbocycles. The second kappa shape index (κ2) is 24.7. The highest BCUT2D eigenvalue weighted by atomic mass is 16.4. The summed E-state index contributed by atoms with van der Waals surface area (Å²) in [6, 6.07) is -1.30. The Hall–Kier alpha value is -6.29. The Labute approximate surface area is 353 Å². The van der Waals surface area contributed by atoms with E-state index in [4.69, 9.17) is 17.2 Å². The van der Waals surface area contributed by atoms with Crippen LogP contribution in [0.2, 0.25) is 0 Å². The highest BCUT2D eigenvalue weighted by Gasteiger charge is 2.35. The number of guanidine groups is 1. The first kappa shape index (κ1) is 50.9. The molecule has 1 heterocycles. The van der Waals surface area contributed by atoms with Crippen LogP contribution in [0.1, 0.15) is 72.3 Å². The van der Waals surface area contributed by atoms with Crippen molar-refractivity contribution in [2.75, 3.05) is 13.1 Å². The molecule has 22 nitrogen and oxygen atoms in total. The summed E-state index contributed by atoms with van der Waals surface area (Å²) in [7, 11) is 0. The molecule has 0 aliphatic rings. The highest BCUT2D eigenvalue weighted by Crippen LogP contribution is 2.20. The van der Waals surface area contributed by atoms with Gasteiger partial charge in [0.1, 0.15) is 30.2 Å². The Kier molecular flexibility index (Phi) is 20.6. The number of carbonyl (C=O) groups is 8. The summed E-state index contributed by atoms with van der Waals surface area (Å²) in [5.74, 6) is -8.68. The molecule has 1 aromatic carbocycles. The van der Waals surface area contributed by atoms with Crippen molar-refractivity contribution in [3.8, 4) is 0 Å². The largest absolute Gasteiger partial charge is 0.481 e. The predicted molar refractivity (Wildman–Crippen MR) is 223 cm³/mol. The molecule has 0 spiro atoms. The van der Waals surface area contributed by atoms with Gasteiger partial charge in [0.05, 0.1) is 18.7 Å². The molecule has 16 N–H and O–H groups in total. The number of nitrogens with zero attached hydrogens (tertiary/aromatic N) is 1. The van der Waals surface area contributed by atoms with Crippen molar-refractivity contribution in [2.24, 2.45) is 34.0 Å². The number of amides is 6. The van der Waals surface area contributed by atoms with Crippen LogP contribution in [-0.2, 0) is 44.8 Å². The summed E-state index contributed by atoms with van der Waals surface area (Å²) in [6.07, 6.45) is -0.866. The van der Waals surface area contributed by atoms with E-state index in [1.807, 2.05) is 13.8 Å². The number of aromatic nitrogens is 1. The first-order valence-corrected chi connectivity index (χ1v) is 19.9. The minimum atomic E-state index is -1.78. The lowest BCUT2D eigenvalue weighted by Crippen LogP contribution is -2.61. The number of nitrogens with one attached hydrogen (secondary N) is 7. The van der Waals surface area contributed by atoms with Gasteiger partial charge in [-0.15, -0.1) is 0 Å². The fourth-order valence-corrected chi connectivity index (χ4v) is 6.16. The predicted octanol–water partition coefficient (Wildman–Crippen LogP) is -2.34. The maximum Gasteiger partial charge on any atom is 0.326 e. The van der Waals surface area contributed by atoms with Gasteiger partial charge in [-0.05, 0) is 56.1 Å². The molecular weight excluding hydrogens is 798 g/mol. The molecule has 338 valence electrons. The maximum atomic E-state index is 13.8. The zero-order valence-corrected chi connectivity index (χ0v) is 35.0. The maximum absolute atomic E-state index is 13.8. The fraction of sp³-hybridized carbons (Fsp3) is 0.564. The molecule has 2 aromatic rings. The van der Waals surface area contributed by atoms with Crippen LogP contribution in [0.15, 0.2) is 35.5 Å². The van der Waals surface area contributed by atoms with Gasteiger partial charge in [0.2, 0.25) is 35.4 Å². The van der Waals surface area contributed by atoms with Crippen molar-refractivity contribution in [1.29, 1.82) is 0 Å². The van der Waals surface area contributed by atoms with E-state index in [9.17, 15) is 53.7 Å². The molecule has 0 bridgehead atoms. The molecule has 0 saturated heterocycles. The number of carboxylic acid groups (broad SMARTS) is 2. The van der Waals surface area contributed by atoms with Gasteiger partial charge in [-0.3, -0.25) is 38.6 Å². The number of H-pyrrole nitrogens is 1. The second-order valence-electron chi connectivity index (χ2n) is 15.4. The summed E-state index contributed by atoms with van der Waals surface area (Å²) in [5.41, 5.74) is 18.0. The number of aromatic amines is 1. The lowest BCUT2D eigenvalue weighted by Gasteiger charge is -2.28. The van der Waals surface area contributed by atoms with Crippen LogP contribution in [0.25, 0.3) is 10.9 Å². The topological polar surface area (TPSA) is 376 Å². The van der Waals surface area contributed by atoms with E-state index in [1.54, 1.807) is 44.3 Å². The van der Waals surface area contributed by atoms with E-state index >= 15 is 0 Å². The summed E-state index contributed by atoms with van der Waals surface area (Å²) < 4.78 is 0. The minimum absolute atomic E-state index is 0.0463. The van der Waals surface area contributed by atoms with Gasteiger partial charge in [-0.2, -0.15) is 0 Å². The second-order valence-corrected chi connectivity index (χ2v) is 15.4. The molecular formula is C39H61N11O11. The van der Waals surface area contributed by atoms with E-state index in [1.165, 1.54) is 6.92 Å². The fourth-order valence-electron chi connectivity index (χ4n) is 6.16. The molecule has 6 amide bonds. The number of nitrogens with two attached hydrogens (primary N) is 3. The average Bonchev–Trinajstić information content (AvgIpc) is 3.58. The van der Waals surface area contributed by atoms with Crippen molar-refractivity contribution in [1.82, 2.24) is 36.9 Å². The van der Waals surface area contributed by atoms with E-state index in [2.05, 4.69) is 41.9 Å². The van der Waals surface area contributed by atoms with Gasteiger partial charge in [-0.25, -0.2) is 4.79 Å². The smallest absolute Gasteiger partial charge is 0.326 e. The molecule has 0 aliphatic heterocycles. The number of aliphatic carboxylic acids is 2. The Bertz CT molecular complexity index is 1880. The van der Waals surface area contributed by atoms with E-state index < -0.39 is 115 Å². The van der Waals surface area contributed by atoms with E-state index in [-0.39, 0.29) is 37.7 Å². The molecule has 0 radical (unpaired) electrons. The number of carbonyl (C=O) groups excluding carboxylic acids is 6. The lowest BCUT2D eigenvalue weighted by atomic mass is 10.0. The van der Waals surface area contributed by atoms with Gasteiger partial charge in [0, 0.05) is 36.5 Å². The Morgan fingerprint density at radius 2 is 1.34 bits per heavy atom. The summed E-state index contributed by atoms with van der Waals surface area (Å²) >= 11 is 0. The molecule has 1 aromatic heterocycles. The van der Waals surface area contributed by atoms with Crippen molar-refractivity contribution in [2.45, 2.75) is 115 Å². The quantitative estimate of drug-likeness (QED) is 0.0268. The zero-order valence-electron chi connectivity index (χ0n) is 35.0. The van der Waals surface area contributed by atoms with Crippen LogP contribution in [0.5, 0.6) is 0 Å². The first-order chi connectivity index (χ1) is 28.6. The van der Waals surface area contributed by atoms with Crippen LogP contribution in [-0.4, -0.2) is 129 Å². The van der Waals surface area contributed by atoms with Crippen molar-refractivity contribution in [3.63, 3.8) is 0 Å². The minimum Gasteiger partial charge on any atom is -0.481 e. The van der Waals surface area contributed by atoms with E-state index in [0.717, 1.165) is 5.52 Å². The van der Waals surface area contributed by atoms with Crippen LogP contribution in [0.3, 0.4) is 0 Å². The number of aliphatic imine (C=N–C) groups is 1. The SMILES string of the molecule is CC(C)C[C@H](N)C(=O)NCC(=O)N[C@@H](CCCN=C(N)N)C(=O)N[C@@H](CCC(=O)O)C(=O)N[C@H](C(=O)N[C@@H](Cc1c[nH]c2ccccc12)C(=O)N[C@H](C(=O)O)C(C)C)[C@@H](C)O. The molecule has 7 atom stereocenters. The number of hydrogen-bond acceptors (Lipinski definition) is 11. The zero-order chi connectivity index (χ0) is 46.0. The van der Waals surface area contributed by atoms with Crippen LogP contribution < -0.4 is 49.1 Å². The van der Waals surface area contributed by atoms with Crippen LogP contribution in [0, 0.1) is 11.8 Å². The number of benzene rings is 1. The van der Waals surface area contributed by atoms with Crippen molar-refractivity contribution >= 4 is 64.2 Å². The number of para-hydroxylation sites is 1. The Balaban J connectivity index is 2.35. The van der Waals surface area contributed by atoms with Gasteiger partial charge in [0.15, 0.2) is 5.96 Å². The molecule has 22 heteroatoms. The number of hydrogen-bond donors (Lipinski definition) is 13. The Morgan fingerprint density at radius 3 is 1.93 bits per heavy atom. The number of rotatable bonds is 26. The summed E-state index contributed by atoms with van der Waals surface area (Å²) in [5, 5.41) is 45.1. The van der Waals surface area contributed by atoms with Crippen LogP contribution in [0.4, 0.5) is 0 Å². The third-order valence-corrected chi connectivity index (χ3v) is 9.39. The van der Waals surface area contributed by atoms with Crippen LogP contribution >= 0.6 is 0 Å². The number of aliphatic hydroxyl groups is 1. The average molecular weight is 860 g/mol. The summed E-state index contributed by atoms with van der Waals surface area (Å²) in [6.45, 7) is 7.56. The normalized spacial score (nSPS) is 14.6.